The Labute approximate surface area is 165 Å². The molecule has 3 rings (SSSR count). The Morgan fingerprint density at radius 2 is 2.07 bits per heavy atom. The van der Waals surface area contributed by atoms with Crippen LogP contribution in [-0.2, 0) is 11.3 Å². The first kappa shape index (κ1) is 19.9. The van der Waals surface area contributed by atoms with Gasteiger partial charge in [0.2, 0.25) is 0 Å². The Kier molecular flexibility index (Phi) is 7.08. The SMILES string of the molecule is CCCOc1c(CNc2ccc(C(=O)N3CCOCC3)cn2)cccc1OC. The van der Waals surface area contributed by atoms with E-state index >= 15 is 0 Å². The van der Waals surface area contributed by atoms with Crippen LogP contribution in [0.2, 0.25) is 0 Å². The molecule has 1 saturated heterocycles. The van der Waals surface area contributed by atoms with E-state index in [4.69, 9.17) is 14.2 Å². The maximum Gasteiger partial charge on any atom is 0.255 e. The molecule has 1 N–H and O–H groups in total. The minimum absolute atomic E-state index is 0.00889. The van der Waals surface area contributed by atoms with Crippen LogP contribution in [0, 0.1) is 0 Å². The van der Waals surface area contributed by atoms with E-state index in [2.05, 4.69) is 17.2 Å². The third-order valence-corrected chi connectivity index (χ3v) is 4.50. The molecule has 1 aliphatic rings. The van der Waals surface area contributed by atoms with Crippen LogP contribution >= 0.6 is 0 Å². The standard InChI is InChI=1S/C21H27N3O4/c1-3-11-28-20-16(5-4-6-18(20)26-2)14-22-19-8-7-17(15-23-19)21(25)24-9-12-27-13-10-24/h4-8,15H,3,9-14H2,1-2H3,(H,22,23). The van der Waals surface area contributed by atoms with Gasteiger partial charge >= 0.3 is 0 Å². The maximum atomic E-state index is 12.5. The maximum absolute atomic E-state index is 12.5. The highest BCUT2D eigenvalue weighted by Crippen LogP contribution is 2.31. The van der Waals surface area contributed by atoms with E-state index in [-0.39, 0.29) is 5.91 Å². The second kappa shape index (κ2) is 9.94. The molecule has 7 heteroatoms. The van der Waals surface area contributed by atoms with Crippen LogP contribution in [0.15, 0.2) is 36.5 Å². The summed E-state index contributed by atoms with van der Waals surface area (Å²) in [7, 11) is 1.64. The van der Waals surface area contributed by atoms with Gasteiger partial charge in [0.05, 0.1) is 32.5 Å². The van der Waals surface area contributed by atoms with Crippen molar-refractivity contribution in [2.24, 2.45) is 0 Å². The van der Waals surface area contributed by atoms with E-state index in [0.717, 1.165) is 17.7 Å². The zero-order valence-electron chi connectivity index (χ0n) is 16.4. The Balaban J connectivity index is 1.64. The molecule has 0 saturated carbocycles. The number of ether oxygens (including phenoxy) is 3. The summed E-state index contributed by atoms with van der Waals surface area (Å²) < 4.78 is 16.6. The van der Waals surface area contributed by atoms with Crippen molar-refractivity contribution >= 4 is 11.7 Å². The van der Waals surface area contributed by atoms with Crippen LogP contribution in [0.25, 0.3) is 0 Å². The molecule has 7 nitrogen and oxygen atoms in total. The fraction of sp³-hybridized carbons (Fsp3) is 0.429. The largest absolute Gasteiger partial charge is 0.493 e. The molecule has 0 radical (unpaired) electrons. The summed E-state index contributed by atoms with van der Waals surface area (Å²) in [5.41, 5.74) is 1.57. The normalized spacial score (nSPS) is 13.9. The van der Waals surface area contributed by atoms with Crippen LogP contribution in [0.1, 0.15) is 29.3 Å². The van der Waals surface area contributed by atoms with Crippen molar-refractivity contribution in [2.45, 2.75) is 19.9 Å². The van der Waals surface area contributed by atoms with Gasteiger partial charge in [0, 0.05) is 31.4 Å². The molecule has 1 aromatic heterocycles. The number of para-hydroxylation sites is 1. The molecular formula is C21H27N3O4. The number of anilines is 1. The van der Waals surface area contributed by atoms with E-state index < -0.39 is 0 Å². The summed E-state index contributed by atoms with van der Waals surface area (Å²) in [6.07, 6.45) is 2.53. The summed E-state index contributed by atoms with van der Waals surface area (Å²) in [5.74, 6) is 2.15. The molecule has 1 amide bonds. The molecule has 1 fully saturated rings. The highest BCUT2D eigenvalue weighted by atomic mass is 16.5. The quantitative estimate of drug-likeness (QED) is 0.753. The van der Waals surface area contributed by atoms with Gasteiger partial charge in [-0.05, 0) is 24.6 Å². The Morgan fingerprint density at radius 3 is 2.75 bits per heavy atom. The minimum atomic E-state index is -0.00889. The highest BCUT2D eigenvalue weighted by Gasteiger charge is 2.18. The number of hydrogen-bond donors (Lipinski definition) is 1. The first-order valence-electron chi connectivity index (χ1n) is 9.58. The molecular weight excluding hydrogens is 358 g/mol. The number of methoxy groups -OCH3 is 1. The van der Waals surface area contributed by atoms with Crippen molar-refractivity contribution in [3.63, 3.8) is 0 Å². The van der Waals surface area contributed by atoms with Crippen LogP contribution in [0.5, 0.6) is 11.5 Å². The van der Waals surface area contributed by atoms with Gasteiger partial charge in [-0.15, -0.1) is 0 Å². The van der Waals surface area contributed by atoms with Crippen LogP contribution < -0.4 is 14.8 Å². The Bertz CT molecular complexity index is 774. The number of pyridine rings is 1. The molecule has 1 aliphatic heterocycles. The van der Waals surface area contributed by atoms with Crippen LogP contribution in [0.4, 0.5) is 5.82 Å². The fourth-order valence-electron chi connectivity index (χ4n) is 2.99. The van der Waals surface area contributed by atoms with Crippen LogP contribution in [-0.4, -0.2) is 55.8 Å². The molecule has 2 aromatic rings. The van der Waals surface area contributed by atoms with Crippen molar-refractivity contribution in [3.8, 4) is 11.5 Å². The van der Waals surface area contributed by atoms with E-state index in [1.807, 2.05) is 24.3 Å². The van der Waals surface area contributed by atoms with Gasteiger partial charge in [-0.25, -0.2) is 4.98 Å². The topological polar surface area (TPSA) is 72.9 Å². The summed E-state index contributed by atoms with van der Waals surface area (Å²) in [6.45, 7) is 5.65. The molecule has 0 spiro atoms. The van der Waals surface area contributed by atoms with E-state index in [1.165, 1.54) is 0 Å². The first-order valence-corrected chi connectivity index (χ1v) is 9.58. The second-order valence-electron chi connectivity index (χ2n) is 6.49. The van der Waals surface area contributed by atoms with Gasteiger partial charge in [-0.1, -0.05) is 19.1 Å². The minimum Gasteiger partial charge on any atom is -0.493 e. The average Bonchev–Trinajstić information content (AvgIpc) is 2.76. The molecule has 0 atom stereocenters. The van der Waals surface area contributed by atoms with Crippen molar-refractivity contribution in [1.82, 2.24) is 9.88 Å². The number of morpholine rings is 1. The Hall–Kier alpha value is -2.80. The molecule has 0 unspecified atom stereocenters. The lowest BCUT2D eigenvalue weighted by atomic mass is 10.1. The third kappa shape index (κ3) is 4.92. The number of aromatic nitrogens is 1. The zero-order chi connectivity index (χ0) is 19.8. The highest BCUT2D eigenvalue weighted by molar-refractivity contribution is 5.94. The zero-order valence-corrected chi connectivity index (χ0v) is 16.4. The van der Waals surface area contributed by atoms with E-state index in [9.17, 15) is 4.79 Å². The van der Waals surface area contributed by atoms with Gasteiger partial charge < -0.3 is 24.4 Å². The lowest BCUT2D eigenvalue weighted by Gasteiger charge is -2.26. The average molecular weight is 385 g/mol. The van der Waals surface area contributed by atoms with Gasteiger partial charge in [0.15, 0.2) is 11.5 Å². The second-order valence-corrected chi connectivity index (χ2v) is 6.49. The van der Waals surface area contributed by atoms with Crippen molar-refractivity contribution < 1.29 is 19.0 Å². The summed E-state index contributed by atoms with van der Waals surface area (Å²) in [5, 5.41) is 3.28. The molecule has 0 bridgehead atoms. The molecule has 28 heavy (non-hydrogen) atoms. The number of benzene rings is 1. The van der Waals surface area contributed by atoms with Gasteiger partial charge in [-0.2, -0.15) is 0 Å². The predicted octanol–water partition coefficient (Wildman–Crippen LogP) is 2.96. The predicted molar refractivity (Wildman–Crippen MR) is 107 cm³/mol. The van der Waals surface area contributed by atoms with Gasteiger partial charge in [0.25, 0.3) is 5.91 Å². The lowest BCUT2D eigenvalue weighted by molar-refractivity contribution is 0.0302. The van der Waals surface area contributed by atoms with Crippen molar-refractivity contribution in [2.75, 3.05) is 45.3 Å². The number of hydrogen-bond acceptors (Lipinski definition) is 6. The third-order valence-electron chi connectivity index (χ3n) is 4.50. The van der Waals surface area contributed by atoms with E-state index in [1.54, 1.807) is 24.3 Å². The van der Waals surface area contributed by atoms with Gasteiger partial charge in [-0.3, -0.25) is 4.79 Å². The monoisotopic (exact) mass is 385 g/mol. The van der Waals surface area contributed by atoms with Gasteiger partial charge in [0.1, 0.15) is 5.82 Å². The number of rotatable bonds is 8. The molecule has 150 valence electrons. The number of nitrogens with one attached hydrogen (secondary N) is 1. The molecule has 2 heterocycles. The fourth-order valence-corrected chi connectivity index (χ4v) is 2.99. The van der Waals surface area contributed by atoms with E-state index in [0.29, 0.717) is 56.6 Å². The van der Waals surface area contributed by atoms with Crippen molar-refractivity contribution in [1.29, 1.82) is 0 Å². The summed E-state index contributed by atoms with van der Waals surface area (Å²) in [6, 6.07) is 9.44. The number of carbonyl (C=O) groups is 1. The summed E-state index contributed by atoms with van der Waals surface area (Å²) >= 11 is 0. The molecule has 1 aromatic carbocycles. The molecule has 0 aliphatic carbocycles. The number of carbonyl (C=O) groups excluding carboxylic acids is 1. The lowest BCUT2D eigenvalue weighted by Crippen LogP contribution is -2.40. The summed E-state index contributed by atoms with van der Waals surface area (Å²) in [4.78, 5) is 18.7. The number of nitrogens with zero attached hydrogens (tertiary/aromatic N) is 2. The van der Waals surface area contributed by atoms with Crippen molar-refractivity contribution in [3.05, 3.63) is 47.7 Å². The number of amides is 1. The smallest absolute Gasteiger partial charge is 0.255 e. The Morgan fingerprint density at radius 1 is 1.25 bits per heavy atom. The van der Waals surface area contributed by atoms with Crippen LogP contribution in [0.3, 0.4) is 0 Å². The first-order chi connectivity index (χ1) is 13.7.